The molecule has 8 heteroatoms. The van der Waals surface area contributed by atoms with Gasteiger partial charge < -0.3 is 10.7 Å². The van der Waals surface area contributed by atoms with Crippen LogP contribution in [-0.4, -0.2) is 23.0 Å². The number of hydrogen-bond donors (Lipinski definition) is 3. The van der Waals surface area contributed by atoms with E-state index in [0.29, 0.717) is 0 Å². The Morgan fingerprint density at radius 1 is 1.39 bits per heavy atom. The fraction of sp³-hybridized carbons (Fsp3) is 0.500. The van der Waals surface area contributed by atoms with E-state index in [0.717, 1.165) is 17.9 Å². The van der Waals surface area contributed by atoms with Gasteiger partial charge in [-0.1, -0.05) is 0 Å². The summed E-state index contributed by atoms with van der Waals surface area (Å²) < 4.78 is 37.9. The fourth-order valence-electron chi connectivity index (χ4n) is 1.39. The van der Waals surface area contributed by atoms with E-state index in [1.807, 2.05) is 13.2 Å². The summed E-state index contributed by atoms with van der Waals surface area (Å²) in [5.74, 6) is 6.00. The summed E-state index contributed by atoms with van der Waals surface area (Å²) in [5, 5.41) is 2.90. The van der Waals surface area contributed by atoms with Crippen LogP contribution in [0, 0.1) is 0 Å². The number of nitrogens with two attached hydrogens (primary N) is 1. The molecule has 0 aromatic carbocycles. The number of thioether (sulfide) groups is 1. The molecule has 1 rings (SSSR count). The van der Waals surface area contributed by atoms with Crippen molar-refractivity contribution >= 4 is 23.4 Å². The van der Waals surface area contributed by atoms with Gasteiger partial charge in [-0.15, -0.1) is 0 Å². The van der Waals surface area contributed by atoms with E-state index in [-0.39, 0.29) is 17.7 Å². The van der Waals surface area contributed by atoms with E-state index < -0.39 is 11.7 Å². The Kier molecular flexibility index (Phi) is 5.09. The Morgan fingerprint density at radius 2 is 2.00 bits per heavy atom. The lowest BCUT2D eigenvalue weighted by atomic mass is 10.2. The van der Waals surface area contributed by atoms with Gasteiger partial charge in [-0.25, -0.2) is 10.8 Å². The third-order valence-corrected chi connectivity index (χ3v) is 2.94. The largest absolute Gasteiger partial charge is 0.416 e. The molecule has 102 valence electrons. The predicted molar refractivity (Wildman–Crippen MR) is 68.5 cm³/mol. The number of nitrogen functional groups attached to an aromatic ring is 1. The Balaban J connectivity index is 2.97. The second-order valence-corrected chi connectivity index (χ2v) is 4.68. The lowest BCUT2D eigenvalue weighted by Gasteiger charge is -2.16. The number of alkyl halides is 3. The number of anilines is 2. The quantitative estimate of drug-likeness (QED) is 0.571. The van der Waals surface area contributed by atoms with E-state index in [1.54, 1.807) is 11.8 Å². The monoisotopic (exact) mass is 280 g/mol. The highest BCUT2D eigenvalue weighted by Crippen LogP contribution is 2.32. The standard InChI is InChI=1S/C10H15F3N4S/c1-6(5-18-2)15-8-3-7(10(11,12)13)4-9(16-8)17-14/h3-4,6H,5,14H2,1-2H3,(H2,15,16,17). The van der Waals surface area contributed by atoms with Crippen LogP contribution in [0.15, 0.2) is 12.1 Å². The molecule has 0 spiro atoms. The van der Waals surface area contributed by atoms with Crippen molar-refractivity contribution in [3.8, 4) is 0 Å². The van der Waals surface area contributed by atoms with Crippen LogP contribution in [0.2, 0.25) is 0 Å². The van der Waals surface area contributed by atoms with Crippen LogP contribution < -0.4 is 16.6 Å². The van der Waals surface area contributed by atoms with E-state index in [2.05, 4.69) is 15.7 Å². The van der Waals surface area contributed by atoms with Crippen molar-refractivity contribution in [2.75, 3.05) is 22.8 Å². The van der Waals surface area contributed by atoms with Crippen LogP contribution in [0.5, 0.6) is 0 Å². The molecule has 0 radical (unpaired) electrons. The van der Waals surface area contributed by atoms with Crippen molar-refractivity contribution in [3.63, 3.8) is 0 Å². The zero-order valence-corrected chi connectivity index (χ0v) is 10.8. The lowest BCUT2D eigenvalue weighted by molar-refractivity contribution is -0.137. The molecule has 0 amide bonds. The number of aromatic nitrogens is 1. The minimum atomic E-state index is -4.42. The van der Waals surface area contributed by atoms with Gasteiger partial charge in [-0.3, -0.25) is 0 Å². The third kappa shape index (κ3) is 4.26. The molecule has 1 unspecified atom stereocenters. The topological polar surface area (TPSA) is 63.0 Å². The van der Waals surface area contributed by atoms with Crippen LogP contribution >= 0.6 is 11.8 Å². The maximum atomic E-state index is 12.6. The number of halogens is 3. The summed E-state index contributed by atoms with van der Waals surface area (Å²) in [6.45, 7) is 1.87. The summed E-state index contributed by atoms with van der Waals surface area (Å²) in [5.41, 5.74) is 1.34. The summed E-state index contributed by atoms with van der Waals surface area (Å²) >= 11 is 1.60. The summed E-state index contributed by atoms with van der Waals surface area (Å²) in [6.07, 6.45) is -2.50. The summed E-state index contributed by atoms with van der Waals surface area (Å²) in [4.78, 5) is 3.93. The molecule has 1 aromatic rings. The Labute approximate surface area is 108 Å². The molecule has 0 bridgehead atoms. The molecule has 0 saturated carbocycles. The second kappa shape index (κ2) is 6.14. The minimum absolute atomic E-state index is 0.0154. The van der Waals surface area contributed by atoms with Crippen LogP contribution in [0.3, 0.4) is 0 Å². The van der Waals surface area contributed by atoms with Crippen LogP contribution in [0.1, 0.15) is 12.5 Å². The van der Waals surface area contributed by atoms with E-state index in [9.17, 15) is 13.2 Å². The highest BCUT2D eigenvalue weighted by Gasteiger charge is 2.31. The first-order valence-corrected chi connectivity index (χ1v) is 6.57. The number of nitrogens with one attached hydrogen (secondary N) is 2. The van der Waals surface area contributed by atoms with Crippen LogP contribution in [0.25, 0.3) is 0 Å². The number of nitrogens with zero attached hydrogens (tertiary/aromatic N) is 1. The molecule has 0 saturated heterocycles. The van der Waals surface area contributed by atoms with Crippen molar-refractivity contribution < 1.29 is 13.2 Å². The van der Waals surface area contributed by atoms with Crippen molar-refractivity contribution in [2.45, 2.75) is 19.1 Å². The molecule has 18 heavy (non-hydrogen) atoms. The van der Waals surface area contributed by atoms with Gasteiger partial charge in [0.05, 0.1) is 5.56 Å². The zero-order valence-electron chi connectivity index (χ0n) is 10.0. The normalized spacial score (nSPS) is 13.2. The molecule has 4 N–H and O–H groups in total. The maximum absolute atomic E-state index is 12.6. The van der Waals surface area contributed by atoms with E-state index >= 15 is 0 Å². The average Bonchev–Trinajstić information content (AvgIpc) is 2.27. The zero-order chi connectivity index (χ0) is 13.8. The average molecular weight is 280 g/mol. The molecular weight excluding hydrogens is 265 g/mol. The SMILES string of the molecule is CSCC(C)Nc1cc(C(F)(F)F)cc(NN)n1. The van der Waals surface area contributed by atoms with Crippen molar-refractivity contribution in [1.82, 2.24) is 4.98 Å². The summed E-state index contributed by atoms with van der Waals surface area (Å²) in [6, 6.07) is 1.85. The van der Waals surface area contributed by atoms with E-state index in [4.69, 9.17) is 5.84 Å². The smallest absolute Gasteiger partial charge is 0.367 e. The first-order chi connectivity index (χ1) is 8.36. The predicted octanol–water partition coefficient (Wildman–Crippen LogP) is 2.55. The molecule has 4 nitrogen and oxygen atoms in total. The molecule has 1 heterocycles. The number of rotatable bonds is 5. The number of hydrogen-bond acceptors (Lipinski definition) is 5. The van der Waals surface area contributed by atoms with Crippen LogP contribution in [0.4, 0.5) is 24.8 Å². The first kappa shape index (κ1) is 14.9. The minimum Gasteiger partial charge on any atom is -0.367 e. The Hall–Kier alpha value is -1.15. The van der Waals surface area contributed by atoms with Crippen LogP contribution in [-0.2, 0) is 6.18 Å². The number of pyridine rings is 1. The number of hydrazine groups is 1. The molecule has 1 aromatic heterocycles. The van der Waals surface area contributed by atoms with Crippen molar-refractivity contribution in [1.29, 1.82) is 0 Å². The highest BCUT2D eigenvalue weighted by atomic mass is 32.2. The maximum Gasteiger partial charge on any atom is 0.416 e. The molecule has 0 aliphatic heterocycles. The molecule has 1 atom stereocenters. The highest BCUT2D eigenvalue weighted by molar-refractivity contribution is 7.98. The fourth-order valence-corrected chi connectivity index (χ4v) is 1.97. The Morgan fingerprint density at radius 3 is 2.50 bits per heavy atom. The Bertz CT molecular complexity index is 397. The molecule has 0 fully saturated rings. The molecule has 0 aliphatic carbocycles. The van der Waals surface area contributed by atoms with Gasteiger partial charge in [0.25, 0.3) is 0 Å². The van der Waals surface area contributed by atoms with Gasteiger partial charge in [-0.2, -0.15) is 24.9 Å². The van der Waals surface area contributed by atoms with Gasteiger partial charge in [0.2, 0.25) is 0 Å². The van der Waals surface area contributed by atoms with E-state index in [1.165, 1.54) is 0 Å². The summed E-state index contributed by atoms with van der Waals surface area (Å²) in [7, 11) is 0. The first-order valence-electron chi connectivity index (χ1n) is 5.18. The van der Waals surface area contributed by atoms with Crippen molar-refractivity contribution in [3.05, 3.63) is 17.7 Å². The molecular formula is C10H15F3N4S. The second-order valence-electron chi connectivity index (χ2n) is 3.77. The van der Waals surface area contributed by atoms with Gasteiger partial charge in [0.1, 0.15) is 11.6 Å². The lowest BCUT2D eigenvalue weighted by Crippen LogP contribution is -2.20. The molecule has 0 aliphatic rings. The van der Waals surface area contributed by atoms with Crippen molar-refractivity contribution in [2.24, 2.45) is 5.84 Å². The van der Waals surface area contributed by atoms with Gasteiger partial charge in [-0.05, 0) is 25.3 Å². The van der Waals surface area contributed by atoms with Gasteiger partial charge in [0, 0.05) is 11.8 Å². The third-order valence-electron chi connectivity index (χ3n) is 2.11. The van der Waals surface area contributed by atoms with Gasteiger partial charge >= 0.3 is 6.18 Å². The van der Waals surface area contributed by atoms with Gasteiger partial charge in [0.15, 0.2) is 0 Å².